The normalized spacial score (nSPS) is 17.4. The van der Waals surface area contributed by atoms with Crippen LogP contribution in [0.4, 0.5) is 0 Å². The molecular weight excluding hydrogens is 344 g/mol. The molecular formula is C20H34N4O3. The first-order valence-electron chi connectivity index (χ1n) is 9.63. The van der Waals surface area contributed by atoms with Crippen molar-refractivity contribution in [1.82, 2.24) is 15.5 Å². The van der Waals surface area contributed by atoms with Crippen LogP contribution in [0.1, 0.15) is 19.8 Å². The summed E-state index contributed by atoms with van der Waals surface area (Å²) < 4.78 is 16.3. The highest BCUT2D eigenvalue weighted by Gasteiger charge is 2.19. The minimum Gasteiger partial charge on any atom is -0.497 e. The third-order valence-electron chi connectivity index (χ3n) is 4.72. The quantitative estimate of drug-likeness (QED) is 0.504. The first-order chi connectivity index (χ1) is 13.1. The number of guanidine groups is 1. The van der Waals surface area contributed by atoms with Crippen LogP contribution in [0.2, 0.25) is 0 Å². The SMILES string of the molecule is CN=C(NCC(C)Oc1ccc(OC)cc1)NC1CCN(CCOC)CC1. The molecule has 0 amide bonds. The lowest BCUT2D eigenvalue weighted by Crippen LogP contribution is -2.50. The van der Waals surface area contributed by atoms with Gasteiger partial charge in [0.05, 0.1) is 20.3 Å². The van der Waals surface area contributed by atoms with E-state index in [1.54, 1.807) is 21.3 Å². The van der Waals surface area contributed by atoms with E-state index < -0.39 is 0 Å². The van der Waals surface area contributed by atoms with Gasteiger partial charge in [0.1, 0.15) is 17.6 Å². The van der Waals surface area contributed by atoms with Crippen LogP contribution in [-0.2, 0) is 4.74 Å². The Balaban J connectivity index is 1.69. The molecule has 0 bridgehead atoms. The standard InChI is InChI=1S/C20H34N4O3/c1-16(27-19-7-5-18(26-4)6-8-19)15-22-20(21-2)23-17-9-11-24(12-10-17)13-14-25-3/h5-8,16-17H,9-15H2,1-4H3,(H2,21,22,23). The molecule has 1 aromatic carbocycles. The summed E-state index contributed by atoms with van der Waals surface area (Å²) in [5.74, 6) is 2.48. The van der Waals surface area contributed by atoms with Crippen LogP contribution in [0, 0.1) is 0 Å². The van der Waals surface area contributed by atoms with Crippen molar-refractivity contribution in [2.24, 2.45) is 4.99 Å². The summed E-state index contributed by atoms with van der Waals surface area (Å²) in [6.07, 6.45) is 2.25. The van der Waals surface area contributed by atoms with Crippen LogP contribution in [0.3, 0.4) is 0 Å². The fourth-order valence-corrected chi connectivity index (χ4v) is 3.08. The van der Waals surface area contributed by atoms with Gasteiger partial charge in [-0.05, 0) is 44.0 Å². The van der Waals surface area contributed by atoms with Crippen molar-refractivity contribution in [1.29, 1.82) is 0 Å². The maximum atomic E-state index is 5.93. The molecule has 1 aromatic rings. The molecule has 2 rings (SSSR count). The number of aliphatic imine (C=N–C) groups is 1. The topological polar surface area (TPSA) is 67.4 Å². The molecule has 0 radical (unpaired) electrons. The molecule has 7 heteroatoms. The highest BCUT2D eigenvalue weighted by molar-refractivity contribution is 5.80. The Labute approximate surface area is 163 Å². The fourth-order valence-electron chi connectivity index (χ4n) is 3.08. The Morgan fingerprint density at radius 3 is 2.44 bits per heavy atom. The Morgan fingerprint density at radius 2 is 1.85 bits per heavy atom. The molecule has 1 unspecified atom stereocenters. The number of hydrogen-bond acceptors (Lipinski definition) is 5. The number of likely N-dealkylation sites (tertiary alicyclic amines) is 1. The van der Waals surface area contributed by atoms with Gasteiger partial charge >= 0.3 is 0 Å². The second kappa shape index (κ2) is 11.7. The Bertz CT molecular complexity index is 557. The predicted molar refractivity (Wildman–Crippen MR) is 109 cm³/mol. The molecule has 1 atom stereocenters. The van der Waals surface area contributed by atoms with Gasteiger partial charge < -0.3 is 29.7 Å². The van der Waals surface area contributed by atoms with E-state index in [4.69, 9.17) is 14.2 Å². The van der Waals surface area contributed by atoms with Crippen molar-refractivity contribution in [2.75, 3.05) is 54.1 Å². The molecule has 1 saturated heterocycles. The molecule has 27 heavy (non-hydrogen) atoms. The van der Waals surface area contributed by atoms with Crippen LogP contribution in [-0.4, -0.2) is 77.1 Å². The second-order valence-electron chi connectivity index (χ2n) is 6.81. The fraction of sp³-hybridized carbons (Fsp3) is 0.650. The minimum absolute atomic E-state index is 0.0211. The molecule has 0 saturated carbocycles. The number of nitrogens with zero attached hydrogens (tertiary/aromatic N) is 2. The summed E-state index contributed by atoms with van der Waals surface area (Å²) in [5, 5.41) is 6.89. The van der Waals surface area contributed by atoms with Crippen molar-refractivity contribution < 1.29 is 14.2 Å². The molecule has 0 aromatic heterocycles. The van der Waals surface area contributed by atoms with E-state index in [0.29, 0.717) is 12.6 Å². The Hall–Kier alpha value is -1.99. The second-order valence-corrected chi connectivity index (χ2v) is 6.81. The average Bonchev–Trinajstić information content (AvgIpc) is 2.71. The number of hydrogen-bond donors (Lipinski definition) is 2. The lowest BCUT2D eigenvalue weighted by atomic mass is 10.1. The van der Waals surface area contributed by atoms with Crippen LogP contribution in [0.5, 0.6) is 11.5 Å². The highest BCUT2D eigenvalue weighted by atomic mass is 16.5. The van der Waals surface area contributed by atoms with Crippen LogP contribution < -0.4 is 20.1 Å². The van der Waals surface area contributed by atoms with E-state index in [-0.39, 0.29) is 6.10 Å². The molecule has 2 N–H and O–H groups in total. The lowest BCUT2D eigenvalue weighted by Gasteiger charge is -2.33. The maximum absolute atomic E-state index is 5.93. The van der Waals surface area contributed by atoms with Crippen molar-refractivity contribution in [3.05, 3.63) is 24.3 Å². The third kappa shape index (κ3) is 7.64. The lowest BCUT2D eigenvalue weighted by molar-refractivity contribution is 0.128. The van der Waals surface area contributed by atoms with Gasteiger partial charge in [-0.3, -0.25) is 4.99 Å². The van der Waals surface area contributed by atoms with Gasteiger partial charge in [0.15, 0.2) is 5.96 Å². The Morgan fingerprint density at radius 1 is 1.19 bits per heavy atom. The Kier molecular flexibility index (Phi) is 9.21. The van der Waals surface area contributed by atoms with E-state index in [1.807, 2.05) is 31.2 Å². The van der Waals surface area contributed by atoms with Gasteiger partial charge in [-0.15, -0.1) is 0 Å². The molecule has 1 heterocycles. The number of rotatable bonds is 9. The third-order valence-corrected chi connectivity index (χ3v) is 4.72. The van der Waals surface area contributed by atoms with E-state index >= 15 is 0 Å². The summed E-state index contributed by atoms with van der Waals surface area (Å²) in [4.78, 5) is 6.79. The van der Waals surface area contributed by atoms with Crippen molar-refractivity contribution in [3.63, 3.8) is 0 Å². The van der Waals surface area contributed by atoms with E-state index in [0.717, 1.165) is 56.5 Å². The molecule has 1 fully saturated rings. The molecule has 152 valence electrons. The highest BCUT2D eigenvalue weighted by Crippen LogP contribution is 2.18. The van der Waals surface area contributed by atoms with Crippen molar-refractivity contribution >= 4 is 5.96 Å². The summed E-state index contributed by atoms with van der Waals surface area (Å²) in [6.45, 7) is 6.71. The van der Waals surface area contributed by atoms with Gasteiger partial charge in [-0.25, -0.2) is 0 Å². The van der Waals surface area contributed by atoms with E-state index in [1.165, 1.54) is 0 Å². The van der Waals surface area contributed by atoms with E-state index in [2.05, 4.69) is 20.5 Å². The van der Waals surface area contributed by atoms with Crippen LogP contribution in [0.15, 0.2) is 29.3 Å². The van der Waals surface area contributed by atoms with Crippen molar-refractivity contribution in [2.45, 2.75) is 31.9 Å². The number of nitrogens with one attached hydrogen (secondary N) is 2. The predicted octanol–water partition coefficient (Wildman–Crippen LogP) is 1.74. The van der Waals surface area contributed by atoms with Gasteiger partial charge in [-0.1, -0.05) is 0 Å². The zero-order chi connectivity index (χ0) is 19.5. The zero-order valence-corrected chi connectivity index (χ0v) is 17.0. The molecule has 7 nitrogen and oxygen atoms in total. The number of ether oxygens (including phenoxy) is 3. The van der Waals surface area contributed by atoms with Gasteiger partial charge in [0.25, 0.3) is 0 Å². The summed E-state index contributed by atoms with van der Waals surface area (Å²) in [6, 6.07) is 8.08. The van der Waals surface area contributed by atoms with Gasteiger partial charge in [0, 0.05) is 39.8 Å². The maximum Gasteiger partial charge on any atom is 0.191 e. The van der Waals surface area contributed by atoms with Crippen molar-refractivity contribution in [3.8, 4) is 11.5 Å². The number of benzene rings is 1. The van der Waals surface area contributed by atoms with E-state index in [9.17, 15) is 0 Å². The smallest absolute Gasteiger partial charge is 0.191 e. The first-order valence-corrected chi connectivity index (χ1v) is 9.63. The van der Waals surface area contributed by atoms with Crippen LogP contribution in [0.25, 0.3) is 0 Å². The first kappa shape index (κ1) is 21.3. The molecule has 0 aliphatic carbocycles. The zero-order valence-electron chi connectivity index (χ0n) is 17.0. The monoisotopic (exact) mass is 378 g/mol. The number of methoxy groups -OCH3 is 2. The largest absolute Gasteiger partial charge is 0.497 e. The molecule has 1 aliphatic rings. The average molecular weight is 379 g/mol. The summed E-state index contributed by atoms with van der Waals surface area (Å²) >= 11 is 0. The molecule has 1 aliphatic heterocycles. The van der Waals surface area contributed by atoms with Gasteiger partial charge in [-0.2, -0.15) is 0 Å². The number of piperidine rings is 1. The van der Waals surface area contributed by atoms with Crippen LogP contribution >= 0.6 is 0 Å². The minimum atomic E-state index is 0.0211. The summed E-state index contributed by atoms with van der Waals surface area (Å²) in [7, 11) is 5.21. The molecule has 0 spiro atoms. The summed E-state index contributed by atoms with van der Waals surface area (Å²) in [5.41, 5.74) is 0. The van der Waals surface area contributed by atoms with Gasteiger partial charge in [0.2, 0.25) is 0 Å².